The van der Waals surface area contributed by atoms with E-state index in [-0.39, 0.29) is 5.95 Å². The van der Waals surface area contributed by atoms with Gasteiger partial charge in [-0.3, -0.25) is 4.90 Å². The largest absolute Gasteiger partial charge is 0.476 e. The van der Waals surface area contributed by atoms with Gasteiger partial charge in [-0.05, 0) is 40.1 Å². The number of nitrogens with zero attached hydrogens (tertiary/aromatic N) is 3. The summed E-state index contributed by atoms with van der Waals surface area (Å²) in [6, 6.07) is 8.19. The minimum absolute atomic E-state index is 0.233. The van der Waals surface area contributed by atoms with Crippen molar-refractivity contribution in [1.82, 2.24) is 14.9 Å². The molecule has 3 heterocycles. The van der Waals surface area contributed by atoms with Crippen LogP contribution in [-0.4, -0.2) is 54.3 Å². The van der Waals surface area contributed by atoms with Crippen molar-refractivity contribution in [2.24, 2.45) is 0 Å². The molecular formula is C18H20N4O2S. The predicted octanol–water partition coefficient (Wildman–Crippen LogP) is 2.65. The summed E-state index contributed by atoms with van der Waals surface area (Å²) in [6.07, 6.45) is 0. The molecule has 0 bridgehead atoms. The zero-order chi connectivity index (χ0) is 17.1. The van der Waals surface area contributed by atoms with Crippen LogP contribution in [0, 0.1) is 0 Å². The van der Waals surface area contributed by atoms with E-state index in [0.717, 1.165) is 49.3 Å². The Bertz CT molecular complexity index is 848. The molecule has 1 saturated heterocycles. The number of morpholine rings is 1. The molecule has 1 aliphatic heterocycles. The van der Waals surface area contributed by atoms with Crippen molar-refractivity contribution in [2.45, 2.75) is 0 Å². The lowest BCUT2D eigenvalue weighted by atomic mass is 10.1. The Hall–Kier alpha value is -2.22. The van der Waals surface area contributed by atoms with E-state index in [4.69, 9.17) is 15.2 Å². The van der Waals surface area contributed by atoms with Gasteiger partial charge in [0.2, 0.25) is 11.8 Å². The summed E-state index contributed by atoms with van der Waals surface area (Å²) in [7, 11) is 0. The zero-order valence-corrected chi connectivity index (χ0v) is 14.7. The minimum Gasteiger partial charge on any atom is -0.476 e. The zero-order valence-electron chi connectivity index (χ0n) is 13.9. The first-order valence-corrected chi connectivity index (χ1v) is 9.26. The van der Waals surface area contributed by atoms with Crippen molar-refractivity contribution in [3.05, 3.63) is 35.0 Å². The van der Waals surface area contributed by atoms with Crippen molar-refractivity contribution < 1.29 is 9.47 Å². The van der Waals surface area contributed by atoms with Gasteiger partial charge < -0.3 is 15.2 Å². The molecule has 0 saturated carbocycles. The molecule has 1 fully saturated rings. The van der Waals surface area contributed by atoms with Gasteiger partial charge in [-0.2, -0.15) is 16.3 Å². The maximum atomic E-state index is 5.96. The van der Waals surface area contributed by atoms with E-state index in [0.29, 0.717) is 12.5 Å². The van der Waals surface area contributed by atoms with Gasteiger partial charge in [-0.1, -0.05) is 6.07 Å². The van der Waals surface area contributed by atoms with Crippen LogP contribution in [0.15, 0.2) is 35.0 Å². The number of anilines is 1. The summed E-state index contributed by atoms with van der Waals surface area (Å²) in [6.45, 7) is 4.87. The van der Waals surface area contributed by atoms with Crippen molar-refractivity contribution in [3.8, 4) is 17.0 Å². The lowest BCUT2D eigenvalue weighted by molar-refractivity contribution is 0.0321. The summed E-state index contributed by atoms with van der Waals surface area (Å²) >= 11 is 1.68. The SMILES string of the molecule is Nc1nc(OCCN2CCOCC2)c2cc(-c3ccsc3)ccc2n1. The highest BCUT2D eigenvalue weighted by Crippen LogP contribution is 2.30. The molecule has 0 aliphatic carbocycles. The van der Waals surface area contributed by atoms with Gasteiger partial charge in [0.05, 0.1) is 24.1 Å². The highest BCUT2D eigenvalue weighted by atomic mass is 32.1. The van der Waals surface area contributed by atoms with Gasteiger partial charge in [0.1, 0.15) is 6.61 Å². The van der Waals surface area contributed by atoms with Crippen LogP contribution >= 0.6 is 11.3 Å². The number of thiophene rings is 1. The molecule has 0 radical (unpaired) electrons. The lowest BCUT2D eigenvalue weighted by Crippen LogP contribution is -2.38. The van der Waals surface area contributed by atoms with Gasteiger partial charge in [-0.15, -0.1) is 0 Å². The molecule has 130 valence electrons. The Morgan fingerprint density at radius 2 is 2.04 bits per heavy atom. The summed E-state index contributed by atoms with van der Waals surface area (Å²) in [4.78, 5) is 11.0. The molecule has 1 aliphatic rings. The second-order valence-electron chi connectivity index (χ2n) is 5.93. The molecule has 2 N–H and O–H groups in total. The summed E-state index contributed by atoms with van der Waals surface area (Å²) < 4.78 is 11.3. The van der Waals surface area contributed by atoms with E-state index in [1.54, 1.807) is 11.3 Å². The summed E-state index contributed by atoms with van der Waals surface area (Å²) in [5.41, 5.74) is 8.95. The van der Waals surface area contributed by atoms with Gasteiger partial charge in [0.25, 0.3) is 0 Å². The Balaban J connectivity index is 1.56. The van der Waals surface area contributed by atoms with Gasteiger partial charge in [0.15, 0.2) is 0 Å². The smallest absolute Gasteiger partial charge is 0.226 e. The fraction of sp³-hybridized carbons (Fsp3) is 0.333. The molecule has 0 spiro atoms. The second-order valence-corrected chi connectivity index (χ2v) is 6.71. The van der Waals surface area contributed by atoms with Crippen LogP contribution in [0.5, 0.6) is 5.88 Å². The predicted molar refractivity (Wildman–Crippen MR) is 100 cm³/mol. The van der Waals surface area contributed by atoms with Crippen LogP contribution in [0.2, 0.25) is 0 Å². The fourth-order valence-electron chi connectivity index (χ4n) is 2.93. The number of nitrogen functional groups attached to an aromatic ring is 1. The fourth-order valence-corrected chi connectivity index (χ4v) is 3.60. The molecule has 6 nitrogen and oxygen atoms in total. The molecule has 0 amide bonds. The number of fused-ring (bicyclic) bond motifs is 1. The molecule has 2 aromatic heterocycles. The van der Waals surface area contributed by atoms with Crippen LogP contribution in [0.3, 0.4) is 0 Å². The van der Waals surface area contributed by atoms with Crippen LogP contribution in [-0.2, 0) is 4.74 Å². The number of benzene rings is 1. The average Bonchev–Trinajstić information content (AvgIpc) is 3.17. The van der Waals surface area contributed by atoms with Gasteiger partial charge >= 0.3 is 0 Å². The first kappa shape index (κ1) is 16.3. The first-order chi connectivity index (χ1) is 12.3. The third kappa shape index (κ3) is 3.73. The monoisotopic (exact) mass is 356 g/mol. The molecule has 4 rings (SSSR count). The van der Waals surface area contributed by atoms with Crippen LogP contribution in [0.4, 0.5) is 5.95 Å². The molecule has 7 heteroatoms. The maximum absolute atomic E-state index is 5.96. The molecule has 0 atom stereocenters. The molecule has 25 heavy (non-hydrogen) atoms. The normalized spacial score (nSPS) is 15.5. The average molecular weight is 356 g/mol. The third-order valence-electron chi connectivity index (χ3n) is 4.28. The molecule has 0 unspecified atom stereocenters. The first-order valence-electron chi connectivity index (χ1n) is 8.32. The maximum Gasteiger partial charge on any atom is 0.226 e. The second kappa shape index (κ2) is 7.35. The number of hydrogen-bond acceptors (Lipinski definition) is 7. The van der Waals surface area contributed by atoms with E-state index in [9.17, 15) is 0 Å². The molecule has 1 aromatic carbocycles. The van der Waals surface area contributed by atoms with Gasteiger partial charge in [-0.25, -0.2) is 4.98 Å². The van der Waals surface area contributed by atoms with E-state index in [1.165, 1.54) is 5.56 Å². The van der Waals surface area contributed by atoms with Crippen LogP contribution in [0.1, 0.15) is 0 Å². The van der Waals surface area contributed by atoms with E-state index in [1.807, 2.05) is 12.1 Å². The Labute approximate surface area is 150 Å². The third-order valence-corrected chi connectivity index (χ3v) is 4.97. The van der Waals surface area contributed by atoms with Crippen molar-refractivity contribution in [3.63, 3.8) is 0 Å². The van der Waals surface area contributed by atoms with Gasteiger partial charge in [0, 0.05) is 19.6 Å². The van der Waals surface area contributed by atoms with Crippen LogP contribution < -0.4 is 10.5 Å². The van der Waals surface area contributed by atoms with Crippen LogP contribution in [0.25, 0.3) is 22.0 Å². The number of aromatic nitrogens is 2. The summed E-state index contributed by atoms with van der Waals surface area (Å²) in [5, 5.41) is 5.08. The number of rotatable bonds is 5. The molecular weight excluding hydrogens is 336 g/mol. The lowest BCUT2D eigenvalue weighted by Gasteiger charge is -2.26. The Morgan fingerprint density at radius 1 is 1.16 bits per heavy atom. The molecule has 3 aromatic rings. The van der Waals surface area contributed by atoms with E-state index in [2.05, 4.69) is 37.8 Å². The quantitative estimate of drug-likeness (QED) is 0.758. The van der Waals surface area contributed by atoms with E-state index >= 15 is 0 Å². The minimum atomic E-state index is 0.233. The van der Waals surface area contributed by atoms with E-state index < -0.39 is 0 Å². The number of hydrogen-bond donors (Lipinski definition) is 1. The standard InChI is InChI=1S/C18H20N4O2S/c19-18-20-16-2-1-13(14-3-10-25-12-14)11-15(16)17(21-18)24-9-6-22-4-7-23-8-5-22/h1-3,10-12H,4-9H2,(H2,19,20,21). The van der Waals surface area contributed by atoms with Crippen molar-refractivity contribution in [2.75, 3.05) is 45.2 Å². The topological polar surface area (TPSA) is 73.5 Å². The number of ether oxygens (including phenoxy) is 2. The number of nitrogens with two attached hydrogens (primary N) is 1. The summed E-state index contributed by atoms with van der Waals surface area (Å²) in [5.74, 6) is 0.782. The Kier molecular flexibility index (Phi) is 4.78. The van der Waals surface area contributed by atoms with Crippen molar-refractivity contribution >= 4 is 28.2 Å². The van der Waals surface area contributed by atoms with Crippen molar-refractivity contribution in [1.29, 1.82) is 0 Å². The Morgan fingerprint density at radius 3 is 2.84 bits per heavy atom. The highest BCUT2D eigenvalue weighted by Gasteiger charge is 2.12. The highest BCUT2D eigenvalue weighted by molar-refractivity contribution is 7.08.